The SMILES string of the molecule is Cn1cc(C=O)c2cc(C(F)(F)F)c(F)cc21. The minimum Gasteiger partial charge on any atom is -0.350 e. The van der Waals surface area contributed by atoms with Gasteiger partial charge in [0, 0.05) is 24.2 Å². The quantitative estimate of drug-likeness (QED) is 0.558. The number of halogens is 4. The lowest BCUT2D eigenvalue weighted by atomic mass is 10.1. The van der Waals surface area contributed by atoms with Gasteiger partial charge in [0.15, 0.2) is 6.29 Å². The highest BCUT2D eigenvalue weighted by atomic mass is 19.4. The van der Waals surface area contributed by atoms with E-state index in [0.29, 0.717) is 12.4 Å². The summed E-state index contributed by atoms with van der Waals surface area (Å²) in [4.78, 5) is 10.7. The summed E-state index contributed by atoms with van der Waals surface area (Å²) < 4.78 is 52.1. The van der Waals surface area contributed by atoms with Crippen molar-refractivity contribution in [3.05, 3.63) is 35.3 Å². The van der Waals surface area contributed by atoms with Crippen LogP contribution >= 0.6 is 0 Å². The topological polar surface area (TPSA) is 22.0 Å². The lowest BCUT2D eigenvalue weighted by Crippen LogP contribution is -2.08. The molecule has 0 saturated heterocycles. The van der Waals surface area contributed by atoms with Crippen LogP contribution in [0.25, 0.3) is 10.9 Å². The standard InChI is InChI=1S/C11H7F4NO/c1-16-4-6(5-17)7-2-8(11(13,14)15)9(12)3-10(7)16/h2-5H,1H3. The first-order valence-corrected chi connectivity index (χ1v) is 4.65. The summed E-state index contributed by atoms with van der Waals surface area (Å²) >= 11 is 0. The fourth-order valence-corrected chi connectivity index (χ4v) is 1.74. The second-order valence-electron chi connectivity index (χ2n) is 3.66. The Morgan fingerprint density at radius 1 is 1.29 bits per heavy atom. The van der Waals surface area contributed by atoms with Crippen molar-refractivity contribution in [2.24, 2.45) is 7.05 Å². The number of rotatable bonds is 1. The zero-order valence-electron chi connectivity index (χ0n) is 8.68. The average molecular weight is 245 g/mol. The van der Waals surface area contributed by atoms with E-state index in [2.05, 4.69) is 0 Å². The summed E-state index contributed by atoms with van der Waals surface area (Å²) in [7, 11) is 1.53. The normalized spacial score (nSPS) is 12.1. The van der Waals surface area contributed by atoms with Crippen molar-refractivity contribution in [3.8, 4) is 0 Å². The van der Waals surface area contributed by atoms with E-state index >= 15 is 0 Å². The fraction of sp³-hybridized carbons (Fsp3) is 0.182. The van der Waals surface area contributed by atoms with Crippen molar-refractivity contribution in [1.82, 2.24) is 4.57 Å². The number of hydrogen-bond acceptors (Lipinski definition) is 1. The van der Waals surface area contributed by atoms with Gasteiger partial charge in [0.25, 0.3) is 0 Å². The molecular weight excluding hydrogens is 238 g/mol. The Hall–Kier alpha value is -1.85. The van der Waals surface area contributed by atoms with Crippen LogP contribution in [0.5, 0.6) is 0 Å². The first kappa shape index (κ1) is 11.6. The molecule has 2 nitrogen and oxygen atoms in total. The number of aromatic nitrogens is 1. The molecule has 0 saturated carbocycles. The predicted molar refractivity (Wildman–Crippen MR) is 53.3 cm³/mol. The summed E-state index contributed by atoms with van der Waals surface area (Å²) in [5.74, 6) is -1.34. The van der Waals surface area contributed by atoms with Gasteiger partial charge in [-0.15, -0.1) is 0 Å². The smallest absolute Gasteiger partial charge is 0.350 e. The molecule has 0 unspecified atom stereocenters. The van der Waals surface area contributed by atoms with E-state index in [9.17, 15) is 22.4 Å². The third-order valence-electron chi connectivity index (χ3n) is 2.54. The van der Waals surface area contributed by atoms with Crippen molar-refractivity contribution < 1.29 is 22.4 Å². The molecule has 0 aliphatic rings. The van der Waals surface area contributed by atoms with E-state index in [4.69, 9.17) is 0 Å². The van der Waals surface area contributed by atoms with Gasteiger partial charge in [0.1, 0.15) is 5.82 Å². The molecule has 17 heavy (non-hydrogen) atoms. The molecule has 1 heterocycles. The molecule has 0 atom stereocenters. The van der Waals surface area contributed by atoms with Gasteiger partial charge >= 0.3 is 6.18 Å². The molecule has 1 aromatic heterocycles. The number of aryl methyl sites for hydroxylation is 1. The lowest BCUT2D eigenvalue weighted by Gasteiger charge is -2.08. The molecular formula is C11H7F4NO. The molecule has 0 amide bonds. The van der Waals surface area contributed by atoms with E-state index in [0.717, 1.165) is 6.07 Å². The maximum Gasteiger partial charge on any atom is 0.419 e. The van der Waals surface area contributed by atoms with Crippen molar-refractivity contribution in [2.75, 3.05) is 0 Å². The van der Waals surface area contributed by atoms with Crippen molar-refractivity contribution in [1.29, 1.82) is 0 Å². The van der Waals surface area contributed by atoms with Crippen LogP contribution in [0.1, 0.15) is 15.9 Å². The molecule has 0 bridgehead atoms. The summed E-state index contributed by atoms with van der Waals surface area (Å²) in [6.07, 6.45) is -2.97. The van der Waals surface area contributed by atoms with Gasteiger partial charge in [0.05, 0.1) is 11.1 Å². The minimum absolute atomic E-state index is 0.0937. The molecule has 0 spiro atoms. The van der Waals surface area contributed by atoms with Crippen LogP contribution in [0.2, 0.25) is 0 Å². The summed E-state index contributed by atoms with van der Waals surface area (Å²) in [5.41, 5.74) is -1.01. The Kier molecular flexibility index (Phi) is 2.45. The Bertz CT molecular complexity index is 598. The first-order valence-electron chi connectivity index (χ1n) is 4.65. The van der Waals surface area contributed by atoms with Gasteiger partial charge in [-0.2, -0.15) is 13.2 Å². The molecule has 0 radical (unpaired) electrons. The van der Waals surface area contributed by atoms with Crippen LogP contribution in [0.4, 0.5) is 17.6 Å². The van der Waals surface area contributed by atoms with E-state index in [1.54, 1.807) is 0 Å². The maximum absolute atomic E-state index is 13.3. The number of benzene rings is 1. The van der Waals surface area contributed by atoms with E-state index < -0.39 is 17.6 Å². The summed E-state index contributed by atoms with van der Waals surface area (Å²) in [6, 6.07) is 1.44. The average Bonchev–Trinajstić information content (AvgIpc) is 2.53. The Labute approximate surface area is 93.5 Å². The zero-order chi connectivity index (χ0) is 12.8. The zero-order valence-corrected chi connectivity index (χ0v) is 8.68. The molecule has 6 heteroatoms. The monoisotopic (exact) mass is 245 g/mol. The van der Waals surface area contributed by atoms with E-state index in [-0.39, 0.29) is 16.5 Å². The second-order valence-corrected chi connectivity index (χ2v) is 3.66. The molecule has 0 aliphatic heterocycles. The molecule has 0 aliphatic carbocycles. The predicted octanol–water partition coefficient (Wildman–Crippen LogP) is 3.15. The number of aldehydes is 1. The van der Waals surface area contributed by atoms with Crippen LogP contribution in [0.3, 0.4) is 0 Å². The van der Waals surface area contributed by atoms with Crippen LogP contribution in [0, 0.1) is 5.82 Å². The second kappa shape index (κ2) is 3.58. The third kappa shape index (κ3) is 1.79. The Balaban J connectivity index is 2.83. The van der Waals surface area contributed by atoms with Gasteiger partial charge < -0.3 is 4.57 Å². The van der Waals surface area contributed by atoms with Gasteiger partial charge in [-0.25, -0.2) is 4.39 Å². The lowest BCUT2D eigenvalue weighted by molar-refractivity contribution is -0.139. The fourth-order valence-electron chi connectivity index (χ4n) is 1.74. The van der Waals surface area contributed by atoms with Gasteiger partial charge in [-0.1, -0.05) is 0 Å². The van der Waals surface area contributed by atoms with Crippen molar-refractivity contribution in [2.45, 2.75) is 6.18 Å². The number of carbonyl (C=O) groups is 1. The molecule has 2 aromatic rings. The molecule has 0 fully saturated rings. The van der Waals surface area contributed by atoms with Crippen LogP contribution < -0.4 is 0 Å². The Morgan fingerprint density at radius 2 is 1.94 bits per heavy atom. The summed E-state index contributed by atoms with van der Waals surface area (Å²) in [5, 5.41) is 0.0937. The first-order chi connectivity index (χ1) is 7.84. The molecule has 1 aromatic carbocycles. The molecule has 90 valence electrons. The van der Waals surface area contributed by atoms with E-state index in [1.165, 1.54) is 17.8 Å². The van der Waals surface area contributed by atoms with Crippen LogP contribution in [0.15, 0.2) is 18.3 Å². The van der Waals surface area contributed by atoms with Gasteiger partial charge in [-0.3, -0.25) is 4.79 Å². The van der Waals surface area contributed by atoms with Crippen molar-refractivity contribution in [3.63, 3.8) is 0 Å². The summed E-state index contributed by atoms with van der Waals surface area (Å²) in [6.45, 7) is 0. The highest BCUT2D eigenvalue weighted by Crippen LogP contribution is 2.34. The highest BCUT2D eigenvalue weighted by molar-refractivity contribution is 5.98. The number of carbonyl (C=O) groups excluding carboxylic acids is 1. The number of hydrogen-bond donors (Lipinski definition) is 0. The third-order valence-corrected chi connectivity index (χ3v) is 2.54. The largest absolute Gasteiger partial charge is 0.419 e. The molecule has 2 rings (SSSR count). The van der Waals surface area contributed by atoms with Gasteiger partial charge in [-0.05, 0) is 12.1 Å². The van der Waals surface area contributed by atoms with E-state index in [1.807, 2.05) is 0 Å². The highest BCUT2D eigenvalue weighted by Gasteiger charge is 2.34. The maximum atomic E-state index is 13.3. The molecule has 0 N–H and O–H groups in total. The number of nitrogens with zero attached hydrogens (tertiary/aromatic N) is 1. The minimum atomic E-state index is -4.77. The van der Waals surface area contributed by atoms with Crippen LogP contribution in [-0.4, -0.2) is 10.9 Å². The van der Waals surface area contributed by atoms with Crippen LogP contribution in [-0.2, 0) is 13.2 Å². The van der Waals surface area contributed by atoms with Gasteiger partial charge in [0.2, 0.25) is 0 Å². The Morgan fingerprint density at radius 3 is 2.47 bits per heavy atom. The number of fused-ring (bicyclic) bond motifs is 1. The van der Waals surface area contributed by atoms with Crippen molar-refractivity contribution >= 4 is 17.2 Å². The number of alkyl halides is 3.